The van der Waals surface area contributed by atoms with Crippen LogP contribution in [0.1, 0.15) is 32.3 Å². The molecule has 1 N–H and O–H groups in total. The summed E-state index contributed by atoms with van der Waals surface area (Å²) in [6.07, 6.45) is 1.58. The van der Waals surface area contributed by atoms with Crippen molar-refractivity contribution in [1.29, 1.82) is 0 Å². The smallest absolute Gasteiger partial charge is 0.251 e. The van der Waals surface area contributed by atoms with E-state index in [1.807, 2.05) is 30.0 Å². The van der Waals surface area contributed by atoms with Gasteiger partial charge in [-0.15, -0.1) is 0 Å². The van der Waals surface area contributed by atoms with Gasteiger partial charge in [0.05, 0.1) is 6.54 Å². The summed E-state index contributed by atoms with van der Waals surface area (Å²) in [5.74, 6) is 1.90. The molecule has 0 bridgehead atoms. The Labute approximate surface area is 174 Å². The van der Waals surface area contributed by atoms with Crippen LogP contribution in [0.25, 0.3) is 0 Å². The molecule has 3 rings (SSSR count). The highest BCUT2D eigenvalue weighted by Crippen LogP contribution is 2.16. The van der Waals surface area contributed by atoms with Crippen LogP contribution in [0.5, 0.6) is 5.75 Å². The molecule has 2 saturated heterocycles. The number of nitrogens with zero attached hydrogens (tertiary/aromatic N) is 3. The maximum atomic E-state index is 12.5. The van der Waals surface area contributed by atoms with E-state index in [9.17, 15) is 4.79 Å². The number of nitrogens with one attached hydrogen (secondary N) is 1. The van der Waals surface area contributed by atoms with Crippen molar-refractivity contribution in [2.75, 3.05) is 45.9 Å². The van der Waals surface area contributed by atoms with Crippen LogP contribution in [0.2, 0.25) is 0 Å². The molecule has 0 radical (unpaired) electrons. The van der Waals surface area contributed by atoms with Crippen molar-refractivity contribution in [3.63, 3.8) is 0 Å². The van der Waals surface area contributed by atoms with Gasteiger partial charge in [0.25, 0.3) is 5.91 Å². The molecular weight excluding hydrogens is 368 g/mol. The van der Waals surface area contributed by atoms with Crippen LogP contribution in [0.4, 0.5) is 0 Å². The summed E-state index contributed by atoms with van der Waals surface area (Å²) in [5.41, 5.74) is 1.18. The topological polar surface area (TPSA) is 66.4 Å². The van der Waals surface area contributed by atoms with Crippen LogP contribution in [-0.4, -0.2) is 79.7 Å². The van der Waals surface area contributed by atoms with Gasteiger partial charge in [0.2, 0.25) is 0 Å². The van der Waals surface area contributed by atoms with Gasteiger partial charge in [-0.1, -0.05) is 12.1 Å². The standard InChI is InChI=1S/C22H34N4O3/c1-4-23-22(24-16-18(3)29-19-8-5-7-17(2)15-19)26-12-10-25(11-13-26)21(27)20-9-6-14-28-20/h5,7-8,15,18,20H,4,6,9-14,16H2,1-3H3,(H,23,24). The van der Waals surface area contributed by atoms with Crippen molar-refractivity contribution in [2.24, 2.45) is 4.99 Å². The molecule has 2 atom stereocenters. The third-order valence-electron chi connectivity index (χ3n) is 5.26. The Balaban J connectivity index is 1.51. The molecule has 1 aromatic rings. The van der Waals surface area contributed by atoms with Crippen molar-refractivity contribution in [2.45, 2.75) is 45.8 Å². The first kappa shape index (κ1) is 21.4. The Morgan fingerprint density at radius 1 is 1.31 bits per heavy atom. The average molecular weight is 403 g/mol. The number of aryl methyl sites for hydroxylation is 1. The summed E-state index contributed by atoms with van der Waals surface area (Å²) in [5, 5.41) is 3.37. The summed E-state index contributed by atoms with van der Waals surface area (Å²) in [6.45, 7) is 11.2. The van der Waals surface area contributed by atoms with E-state index in [0.29, 0.717) is 26.2 Å². The normalized spacial score (nSPS) is 21.2. The van der Waals surface area contributed by atoms with Gasteiger partial charge in [0.1, 0.15) is 18.0 Å². The molecule has 1 aromatic carbocycles. The Kier molecular flexibility index (Phi) is 7.75. The molecule has 2 aliphatic rings. The van der Waals surface area contributed by atoms with Crippen molar-refractivity contribution in [3.05, 3.63) is 29.8 Å². The summed E-state index contributed by atoms with van der Waals surface area (Å²) >= 11 is 0. The molecule has 1 amide bonds. The molecule has 7 heteroatoms. The number of guanidine groups is 1. The highest BCUT2D eigenvalue weighted by Gasteiger charge is 2.30. The molecule has 29 heavy (non-hydrogen) atoms. The lowest BCUT2D eigenvalue weighted by molar-refractivity contribution is -0.142. The molecule has 2 fully saturated rings. The number of ether oxygens (including phenoxy) is 2. The zero-order valence-electron chi connectivity index (χ0n) is 17.9. The zero-order valence-corrected chi connectivity index (χ0v) is 17.9. The molecule has 2 heterocycles. The van der Waals surface area contributed by atoms with Gasteiger partial charge in [-0.2, -0.15) is 0 Å². The van der Waals surface area contributed by atoms with Gasteiger partial charge in [-0.05, 0) is 51.3 Å². The quantitative estimate of drug-likeness (QED) is 0.583. The van der Waals surface area contributed by atoms with E-state index in [0.717, 1.165) is 44.2 Å². The minimum Gasteiger partial charge on any atom is -0.489 e. The van der Waals surface area contributed by atoms with Gasteiger partial charge in [0.15, 0.2) is 5.96 Å². The second-order valence-electron chi connectivity index (χ2n) is 7.75. The molecule has 7 nitrogen and oxygen atoms in total. The fraction of sp³-hybridized carbons (Fsp3) is 0.636. The Morgan fingerprint density at radius 2 is 2.07 bits per heavy atom. The third kappa shape index (κ3) is 6.10. The lowest BCUT2D eigenvalue weighted by Crippen LogP contribution is -2.55. The highest BCUT2D eigenvalue weighted by molar-refractivity contribution is 5.82. The molecule has 0 spiro atoms. The average Bonchev–Trinajstić information content (AvgIpc) is 3.25. The first-order valence-corrected chi connectivity index (χ1v) is 10.7. The molecule has 0 aromatic heterocycles. The minimum atomic E-state index is -0.233. The van der Waals surface area contributed by atoms with E-state index in [-0.39, 0.29) is 18.1 Å². The zero-order chi connectivity index (χ0) is 20.6. The predicted octanol–water partition coefficient (Wildman–Crippen LogP) is 2.05. The Morgan fingerprint density at radius 3 is 2.72 bits per heavy atom. The number of carbonyl (C=O) groups excluding carboxylic acids is 1. The van der Waals surface area contributed by atoms with E-state index in [1.165, 1.54) is 5.56 Å². The largest absolute Gasteiger partial charge is 0.489 e. The first-order chi connectivity index (χ1) is 14.1. The number of amides is 1. The number of piperazine rings is 1. The summed E-state index contributed by atoms with van der Waals surface area (Å²) < 4.78 is 11.5. The molecular formula is C22H34N4O3. The minimum absolute atomic E-state index is 0.0205. The monoisotopic (exact) mass is 402 g/mol. The van der Waals surface area contributed by atoms with Crippen molar-refractivity contribution in [1.82, 2.24) is 15.1 Å². The lowest BCUT2D eigenvalue weighted by atomic mass is 10.2. The number of hydrogen-bond donors (Lipinski definition) is 1. The van der Waals surface area contributed by atoms with Crippen LogP contribution >= 0.6 is 0 Å². The second-order valence-corrected chi connectivity index (χ2v) is 7.75. The SMILES string of the molecule is CCNC(=NCC(C)Oc1cccc(C)c1)N1CCN(C(=O)C2CCCO2)CC1. The van der Waals surface area contributed by atoms with E-state index < -0.39 is 0 Å². The third-order valence-corrected chi connectivity index (χ3v) is 5.26. The number of rotatable bonds is 6. The van der Waals surface area contributed by atoms with Crippen LogP contribution in [0.3, 0.4) is 0 Å². The second kappa shape index (κ2) is 10.5. The van der Waals surface area contributed by atoms with E-state index >= 15 is 0 Å². The van der Waals surface area contributed by atoms with Gasteiger partial charge in [0, 0.05) is 39.3 Å². The van der Waals surface area contributed by atoms with Crippen LogP contribution < -0.4 is 10.1 Å². The number of benzene rings is 1. The summed E-state index contributed by atoms with van der Waals surface area (Å²) in [6, 6.07) is 8.07. The van der Waals surface area contributed by atoms with Gasteiger partial charge in [-0.3, -0.25) is 4.79 Å². The fourth-order valence-corrected chi connectivity index (χ4v) is 3.71. The Hall–Kier alpha value is -2.28. The van der Waals surface area contributed by atoms with Crippen molar-refractivity contribution >= 4 is 11.9 Å². The predicted molar refractivity (Wildman–Crippen MR) is 114 cm³/mol. The maximum Gasteiger partial charge on any atom is 0.251 e. The first-order valence-electron chi connectivity index (χ1n) is 10.7. The summed E-state index contributed by atoms with van der Waals surface area (Å²) in [7, 11) is 0. The van der Waals surface area contributed by atoms with Crippen LogP contribution in [-0.2, 0) is 9.53 Å². The van der Waals surface area contributed by atoms with E-state index in [2.05, 4.69) is 30.1 Å². The maximum absolute atomic E-state index is 12.5. The van der Waals surface area contributed by atoms with Gasteiger partial charge < -0.3 is 24.6 Å². The summed E-state index contributed by atoms with van der Waals surface area (Å²) in [4.78, 5) is 21.5. The molecule has 2 unspecified atom stereocenters. The number of carbonyl (C=O) groups is 1. The van der Waals surface area contributed by atoms with E-state index in [1.54, 1.807) is 0 Å². The van der Waals surface area contributed by atoms with Crippen molar-refractivity contribution in [3.8, 4) is 5.75 Å². The molecule has 0 saturated carbocycles. The molecule has 0 aliphatic carbocycles. The fourth-order valence-electron chi connectivity index (χ4n) is 3.71. The number of hydrogen-bond acceptors (Lipinski definition) is 4. The van der Waals surface area contributed by atoms with Crippen LogP contribution in [0, 0.1) is 6.92 Å². The van der Waals surface area contributed by atoms with Crippen LogP contribution in [0.15, 0.2) is 29.3 Å². The van der Waals surface area contributed by atoms with E-state index in [4.69, 9.17) is 14.5 Å². The lowest BCUT2D eigenvalue weighted by Gasteiger charge is -2.37. The van der Waals surface area contributed by atoms with Crippen molar-refractivity contribution < 1.29 is 14.3 Å². The van der Waals surface area contributed by atoms with Gasteiger partial charge in [-0.25, -0.2) is 4.99 Å². The number of aliphatic imine (C=N–C) groups is 1. The van der Waals surface area contributed by atoms with Gasteiger partial charge >= 0.3 is 0 Å². The molecule has 160 valence electrons. The highest BCUT2D eigenvalue weighted by atomic mass is 16.5. The Bertz CT molecular complexity index is 695. The molecule has 2 aliphatic heterocycles.